The number of ether oxygens (including phenoxy) is 2. The Hall–Kier alpha value is -2.72. The number of hydrogen-bond acceptors (Lipinski definition) is 6. The lowest BCUT2D eigenvalue weighted by Crippen LogP contribution is -2.40. The normalized spacial score (nSPS) is 15.3. The van der Waals surface area contributed by atoms with Crippen LogP contribution in [-0.2, 0) is 37.4 Å². The maximum Gasteiger partial charge on any atom is 0.331 e. The van der Waals surface area contributed by atoms with Gasteiger partial charge in [0.15, 0.2) is 0 Å². The van der Waals surface area contributed by atoms with Gasteiger partial charge in [0.2, 0.25) is 10.0 Å². The molecule has 174 valence electrons. The van der Waals surface area contributed by atoms with Crippen molar-refractivity contribution in [2.24, 2.45) is 0 Å². The molecule has 2 heterocycles. The highest BCUT2D eigenvalue weighted by Crippen LogP contribution is 2.24. The van der Waals surface area contributed by atoms with Crippen LogP contribution in [0.4, 0.5) is 0 Å². The molecular weight excluding hydrogens is 466 g/mol. The van der Waals surface area contributed by atoms with Crippen LogP contribution in [0.2, 0.25) is 5.02 Å². The van der Waals surface area contributed by atoms with Crippen molar-refractivity contribution in [3.05, 3.63) is 65.0 Å². The van der Waals surface area contributed by atoms with Crippen molar-refractivity contribution in [1.29, 1.82) is 0 Å². The molecule has 2 aromatic carbocycles. The molecule has 0 spiro atoms. The van der Waals surface area contributed by atoms with Gasteiger partial charge in [-0.25, -0.2) is 18.2 Å². The zero-order chi connectivity index (χ0) is 23.4. The Kier molecular flexibility index (Phi) is 7.14. The number of hydrogen-bond donors (Lipinski definition) is 0. The Bertz CT molecular complexity index is 1280. The van der Waals surface area contributed by atoms with E-state index in [9.17, 15) is 13.2 Å². The van der Waals surface area contributed by atoms with E-state index in [1.165, 1.54) is 10.4 Å². The van der Waals surface area contributed by atoms with Gasteiger partial charge in [0.1, 0.15) is 12.4 Å². The molecule has 1 aliphatic heterocycles. The Morgan fingerprint density at radius 2 is 1.91 bits per heavy atom. The van der Waals surface area contributed by atoms with Gasteiger partial charge >= 0.3 is 5.97 Å². The SMILES string of the molecule is CCn1c(COC(=O)/C=C/c2ccc(Cl)cc2)nc2cc(S(=O)(=O)N3CCOCC3)ccc21. The predicted octanol–water partition coefficient (Wildman–Crippen LogP) is 3.49. The fourth-order valence-electron chi connectivity index (χ4n) is 3.64. The average molecular weight is 490 g/mol. The molecule has 10 heteroatoms. The quantitative estimate of drug-likeness (QED) is 0.373. The van der Waals surface area contributed by atoms with Crippen molar-refractivity contribution in [1.82, 2.24) is 13.9 Å². The van der Waals surface area contributed by atoms with E-state index in [4.69, 9.17) is 21.1 Å². The first kappa shape index (κ1) is 23.4. The number of aryl methyl sites for hydroxylation is 1. The molecule has 0 aliphatic carbocycles. The highest BCUT2D eigenvalue weighted by molar-refractivity contribution is 7.89. The number of rotatable bonds is 7. The number of sulfonamides is 1. The number of carbonyl (C=O) groups excluding carboxylic acids is 1. The maximum atomic E-state index is 13.0. The second-order valence-electron chi connectivity index (χ2n) is 7.43. The van der Waals surface area contributed by atoms with Crippen molar-refractivity contribution in [3.8, 4) is 0 Å². The summed E-state index contributed by atoms with van der Waals surface area (Å²) in [6.07, 6.45) is 2.99. The molecule has 1 aliphatic rings. The highest BCUT2D eigenvalue weighted by atomic mass is 35.5. The molecule has 0 atom stereocenters. The van der Waals surface area contributed by atoms with Crippen LogP contribution in [0, 0.1) is 0 Å². The van der Waals surface area contributed by atoms with Crippen LogP contribution in [0.3, 0.4) is 0 Å². The summed E-state index contributed by atoms with van der Waals surface area (Å²) < 4.78 is 39.9. The molecule has 1 saturated heterocycles. The minimum absolute atomic E-state index is 0.0299. The van der Waals surface area contributed by atoms with Gasteiger partial charge in [0.25, 0.3) is 0 Å². The zero-order valence-electron chi connectivity index (χ0n) is 18.1. The lowest BCUT2D eigenvalue weighted by molar-refractivity contribution is -0.139. The van der Waals surface area contributed by atoms with Gasteiger partial charge < -0.3 is 14.0 Å². The molecule has 8 nitrogen and oxygen atoms in total. The van der Waals surface area contributed by atoms with Crippen molar-refractivity contribution >= 4 is 44.7 Å². The number of carbonyl (C=O) groups is 1. The van der Waals surface area contributed by atoms with Crippen molar-refractivity contribution < 1.29 is 22.7 Å². The average Bonchev–Trinajstić information content (AvgIpc) is 3.19. The summed E-state index contributed by atoms with van der Waals surface area (Å²) in [6, 6.07) is 12.0. The molecular formula is C23H24ClN3O5S. The molecule has 3 aromatic rings. The van der Waals surface area contributed by atoms with E-state index >= 15 is 0 Å². The summed E-state index contributed by atoms with van der Waals surface area (Å²) in [7, 11) is -3.62. The summed E-state index contributed by atoms with van der Waals surface area (Å²) in [5, 5.41) is 0.620. The van der Waals surface area contributed by atoms with Crippen LogP contribution < -0.4 is 0 Å². The van der Waals surface area contributed by atoms with E-state index in [-0.39, 0.29) is 11.5 Å². The second kappa shape index (κ2) is 10.0. The van der Waals surface area contributed by atoms with E-state index in [2.05, 4.69) is 4.98 Å². The van der Waals surface area contributed by atoms with E-state index in [1.807, 2.05) is 11.5 Å². The lowest BCUT2D eigenvalue weighted by atomic mass is 10.2. The molecule has 0 radical (unpaired) electrons. The monoisotopic (exact) mass is 489 g/mol. The van der Waals surface area contributed by atoms with Crippen LogP contribution >= 0.6 is 11.6 Å². The largest absolute Gasteiger partial charge is 0.454 e. The van der Waals surface area contributed by atoms with Gasteiger partial charge in [-0.2, -0.15) is 4.31 Å². The topological polar surface area (TPSA) is 90.7 Å². The number of nitrogens with zero attached hydrogens (tertiary/aromatic N) is 3. The van der Waals surface area contributed by atoms with Gasteiger partial charge in [0.05, 0.1) is 29.1 Å². The van der Waals surface area contributed by atoms with E-state index in [0.717, 1.165) is 11.1 Å². The fraction of sp³-hybridized carbons (Fsp3) is 0.304. The van der Waals surface area contributed by atoms with Crippen LogP contribution in [0.5, 0.6) is 0 Å². The molecule has 4 rings (SSSR count). The van der Waals surface area contributed by atoms with Gasteiger partial charge in [-0.15, -0.1) is 0 Å². The number of fused-ring (bicyclic) bond motifs is 1. The molecule has 0 N–H and O–H groups in total. The van der Waals surface area contributed by atoms with Crippen LogP contribution in [-0.4, -0.2) is 54.5 Å². The van der Waals surface area contributed by atoms with Gasteiger partial charge in [-0.3, -0.25) is 0 Å². The summed E-state index contributed by atoms with van der Waals surface area (Å²) in [5.74, 6) is 0.0388. The third kappa shape index (κ3) is 5.27. The summed E-state index contributed by atoms with van der Waals surface area (Å²) >= 11 is 5.86. The second-order valence-corrected chi connectivity index (χ2v) is 9.81. The molecule has 1 fully saturated rings. The summed E-state index contributed by atoms with van der Waals surface area (Å²) in [5.41, 5.74) is 2.14. The predicted molar refractivity (Wildman–Crippen MR) is 125 cm³/mol. The first-order valence-corrected chi connectivity index (χ1v) is 12.4. The van der Waals surface area contributed by atoms with Crippen LogP contribution in [0.25, 0.3) is 17.1 Å². The molecule has 33 heavy (non-hydrogen) atoms. The van der Waals surface area contributed by atoms with E-state index in [0.29, 0.717) is 49.2 Å². The Labute approximate surface area is 197 Å². The van der Waals surface area contributed by atoms with E-state index < -0.39 is 16.0 Å². The first-order chi connectivity index (χ1) is 15.9. The molecule has 0 bridgehead atoms. The van der Waals surface area contributed by atoms with Crippen molar-refractivity contribution in [3.63, 3.8) is 0 Å². The summed E-state index contributed by atoms with van der Waals surface area (Å²) in [4.78, 5) is 16.9. The number of aromatic nitrogens is 2. The lowest BCUT2D eigenvalue weighted by Gasteiger charge is -2.26. The summed E-state index contributed by atoms with van der Waals surface area (Å²) in [6.45, 7) is 3.94. The highest BCUT2D eigenvalue weighted by Gasteiger charge is 2.27. The molecule has 0 amide bonds. The minimum Gasteiger partial charge on any atom is -0.454 e. The Balaban J connectivity index is 1.50. The third-order valence-electron chi connectivity index (χ3n) is 5.35. The van der Waals surface area contributed by atoms with Crippen LogP contribution in [0.15, 0.2) is 53.4 Å². The maximum absolute atomic E-state index is 13.0. The van der Waals surface area contributed by atoms with Gasteiger partial charge in [-0.1, -0.05) is 23.7 Å². The molecule has 0 unspecified atom stereocenters. The van der Waals surface area contributed by atoms with Crippen molar-refractivity contribution in [2.45, 2.75) is 25.0 Å². The van der Waals surface area contributed by atoms with Crippen molar-refractivity contribution in [2.75, 3.05) is 26.3 Å². The Morgan fingerprint density at radius 3 is 2.61 bits per heavy atom. The zero-order valence-corrected chi connectivity index (χ0v) is 19.7. The number of halogens is 1. The number of morpholine rings is 1. The number of imidazole rings is 1. The van der Waals surface area contributed by atoms with E-state index in [1.54, 1.807) is 48.5 Å². The minimum atomic E-state index is -3.62. The number of esters is 1. The first-order valence-electron chi connectivity index (χ1n) is 10.6. The fourth-order valence-corrected chi connectivity index (χ4v) is 5.20. The Morgan fingerprint density at radius 1 is 1.18 bits per heavy atom. The number of benzene rings is 2. The molecule has 1 aromatic heterocycles. The third-order valence-corrected chi connectivity index (χ3v) is 7.49. The smallest absolute Gasteiger partial charge is 0.331 e. The van der Waals surface area contributed by atoms with Gasteiger partial charge in [-0.05, 0) is 48.9 Å². The van der Waals surface area contributed by atoms with Gasteiger partial charge in [0, 0.05) is 30.7 Å². The molecule has 0 saturated carbocycles. The standard InChI is InChI=1S/C23H24ClN3O5S/c1-2-27-21-9-8-19(33(29,30)26-11-13-31-14-12-26)15-20(21)25-22(27)16-32-23(28)10-5-17-3-6-18(24)7-4-17/h3-10,15H,2,11-14,16H2,1H3/b10-5+. The van der Waals surface area contributed by atoms with Crippen LogP contribution in [0.1, 0.15) is 18.3 Å².